The summed E-state index contributed by atoms with van der Waals surface area (Å²) in [5, 5.41) is 7.01. The monoisotopic (exact) mass is 414 g/mol. The van der Waals surface area contributed by atoms with Gasteiger partial charge in [0.25, 0.3) is 5.52 Å². The van der Waals surface area contributed by atoms with Crippen LogP contribution in [0.4, 0.5) is 0 Å². The van der Waals surface area contributed by atoms with Gasteiger partial charge in [-0.25, -0.2) is 0 Å². The number of benzene rings is 5. The second-order valence-corrected chi connectivity index (χ2v) is 8.53. The Hall–Kier alpha value is -4.11. The lowest BCUT2D eigenvalue weighted by Gasteiger charge is -2.03. The van der Waals surface area contributed by atoms with Gasteiger partial charge >= 0.3 is 5.89 Å². The second kappa shape index (κ2) is 6.21. The van der Waals surface area contributed by atoms with Gasteiger partial charge in [-0.2, -0.15) is 4.57 Å². The maximum absolute atomic E-state index is 6.55. The van der Waals surface area contributed by atoms with E-state index in [1.54, 1.807) is 0 Å². The number of oxazole rings is 1. The van der Waals surface area contributed by atoms with E-state index in [4.69, 9.17) is 8.83 Å². The van der Waals surface area contributed by atoms with Crippen molar-refractivity contribution in [2.24, 2.45) is 7.05 Å². The van der Waals surface area contributed by atoms with Crippen LogP contribution in [-0.2, 0) is 7.05 Å². The van der Waals surface area contributed by atoms with Crippen LogP contribution in [0.15, 0.2) is 93.8 Å². The smallest absolute Gasteiger partial charge is 0.381 e. The number of fused-ring (bicyclic) bond motifs is 8. The van der Waals surface area contributed by atoms with Crippen LogP contribution in [0.1, 0.15) is 5.56 Å². The third kappa shape index (κ3) is 2.28. The molecule has 0 unspecified atom stereocenters. The van der Waals surface area contributed by atoms with Gasteiger partial charge in [0.15, 0.2) is 0 Å². The summed E-state index contributed by atoms with van der Waals surface area (Å²) in [6, 6.07) is 29.7. The van der Waals surface area contributed by atoms with Crippen molar-refractivity contribution in [2.45, 2.75) is 6.92 Å². The molecule has 0 atom stereocenters. The standard InChI is InChI=1S/C29H20NO2/c1-17-7-3-5-9-20(17)29-30(2)24-13-14-25-27(28(24)32-29)23-16-22-19(15-26(23)31-25)12-11-18-8-4-6-10-21(18)22/h3-16H,1-2H3/q+1. The van der Waals surface area contributed by atoms with Crippen LogP contribution >= 0.6 is 0 Å². The zero-order valence-corrected chi connectivity index (χ0v) is 17.8. The lowest BCUT2D eigenvalue weighted by atomic mass is 10.00. The molecule has 0 amide bonds. The van der Waals surface area contributed by atoms with Crippen LogP contribution in [0.25, 0.3) is 66.0 Å². The second-order valence-electron chi connectivity index (χ2n) is 8.53. The molecule has 0 fully saturated rings. The van der Waals surface area contributed by atoms with Crippen molar-refractivity contribution < 1.29 is 13.4 Å². The highest BCUT2D eigenvalue weighted by Gasteiger charge is 2.26. The molecule has 3 heteroatoms. The molecule has 0 aliphatic rings. The molecule has 152 valence electrons. The van der Waals surface area contributed by atoms with E-state index in [1.807, 2.05) is 0 Å². The summed E-state index contributed by atoms with van der Waals surface area (Å²) in [4.78, 5) is 0. The summed E-state index contributed by atoms with van der Waals surface area (Å²) < 4.78 is 15.0. The molecular formula is C29H20NO2+. The number of hydrogen-bond donors (Lipinski definition) is 0. The zero-order valence-electron chi connectivity index (χ0n) is 17.8. The van der Waals surface area contributed by atoms with Gasteiger partial charge < -0.3 is 8.83 Å². The largest absolute Gasteiger partial charge is 0.456 e. The Balaban J connectivity index is 1.63. The van der Waals surface area contributed by atoms with Crippen molar-refractivity contribution >= 4 is 54.6 Å². The van der Waals surface area contributed by atoms with E-state index in [9.17, 15) is 0 Å². The number of furan rings is 1. The number of nitrogens with zero attached hydrogens (tertiary/aromatic N) is 1. The van der Waals surface area contributed by atoms with Crippen molar-refractivity contribution in [3.63, 3.8) is 0 Å². The first-order valence-electron chi connectivity index (χ1n) is 10.8. The molecule has 0 radical (unpaired) electrons. The first-order chi connectivity index (χ1) is 15.7. The first-order valence-corrected chi connectivity index (χ1v) is 10.8. The zero-order chi connectivity index (χ0) is 21.4. The molecular weight excluding hydrogens is 394 g/mol. The molecule has 7 rings (SSSR count). The van der Waals surface area contributed by atoms with Crippen LogP contribution in [0.5, 0.6) is 0 Å². The lowest BCUT2D eigenvalue weighted by molar-refractivity contribution is -0.637. The van der Waals surface area contributed by atoms with Gasteiger partial charge in [-0.1, -0.05) is 54.6 Å². The highest BCUT2D eigenvalue weighted by molar-refractivity contribution is 6.21. The van der Waals surface area contributed by atoms with Crippen LogP contribution < -0.4 is 4.57 Å². The maximum atomic E-state index is 6.55. The number of aryl methyl sites for hydroxylation is 2. The Morgan fingerprint density at radius 1 is 0.656 bits per heavy atom. The Kier molecular flexibility index (Phi) is 3.41. The Morgan fingerprint density at radius 3 is 2.38 bits per heavy atom. The van der Waals surface area contributed by atoms with E-state index in [0.29, 0.717) is 0 Å². The molecule has 3 nitrogen and oxygen atoms in total. The van der Waals surface area contributed by atoms with Crippen molar-refractivity contribution in [2.75, 3.05) is 0 Å². The fraction of sp³-hybridized carbons (Fsp3) is 0.0690. The van der Waals surface area contributed by atoms with Crippen molar-refractivity contribution in [1.82, 2.24) is 0 Å². The van der Waals surface area contributed by atoms with Crippen molar-refractivity contribution in [3.8, 4) is 11.5 Å². The average Bonchev–Trinajstić information content (AvgIpc) is 3.35. The summed E-state index contributed by atoms with van der Waals surface area (Å²) in [6.07, 6.45) is 0. The molecule has 7 aromatic rings. The summed E-state index contributed by atoms with van der Waals surface area (Å²) in [7, 11) is 2.06. The first kappa shape index (κ1) is 17.6. The average molecular weight is 414 g/mol. The van der Waals surface area contributed by atoms with Gasteiger partial charge in [-0.3, -0.25) is 0 Å². The maximum Gasteiger partial charge on any atom is 0.381 e. The van der Waals surface area contributed by atoms with Gasteiger partial charge in [-0.15, -0.1) is 0 Å². The fourth-order valence-electron chi connectivity index (χ4n) is 5.02. The Morgan fingerprint density at radius 2 is 1.47 bits per heavy atom. The van der Waals surface area contributed by atoms with Gasteiger partial charge in [-0.05, 0) is 58.3 Å². The molecule has 0 saturated heterocycles. The third-order valence-corrected chi connectivity index (χ3v) is 6.67. The van der Waals surface area contributed by atoms with Gasteiger partial charge in [0.2, 0.25) is 5.58 Å². The summed E-state index contributed by atoms with van der Waals surface area (Å²) in [5.74, 6) is 0.853. The van der Waals surface area contributed by atoms with E-state index >= 15 is 0 Å². The molecule has 0 spiro atoms. The Labute approximate surface area is 184 Å². The summed E-state index contributed by atoms with van der Waals surface area (Å²) >= 11 is 0. The van der Waals surface area contributed by atoms with Gasteiger partial charge in [0.1, 0.15) is 18.2 Å². The molecule has 0 saturated carbocycles. The molecule has 0 aliphatic carbocycles. The van der Waals surface area contributed by atoms with E-state index in [-0.39, 0.29) is 0 Å². The number of aromatic nitrogens is 1. The van der Waals surface area contributed by atoms with E-state index in [2.05, 4.69) is 103 Å². The normalized spacial score (nSPS) is 12.1. The molecule has 32 heavy (non-hydrogen) atoms. The molecule has 0 bridgehead atoms. The minimum absolute atomic E-state index is 0.845. The van der Waals surface area contributed by atoms with Crippen LogP contribution in [0.3, 0.4) is 0 Å². The van der Waals surface area contributed by atoms with E-state index < -0.39 is 0 Å². The van der Waals surface area contributed by atoms with Crippen LogP contribution in [0.2, 0.25) is 0 Å². The summed E-state index contributed by atoms with van der Waals surface area (Å²) in [5.41, 5.74) is 5.93. The minimum Gasteiger partial charge on any atom is -0.456 e. The van der Waals surface area contributed by atoms with Gasteiger partial charge in [0.05, 0.1) is 10.9 Å². The predicted molar refractivity (Wildman–Crippen MR) is 130 cm³/mol. The van der Waals surface area contributed by atoms with Crippen molar-refractivity contribution in [1.29, 1.82) is 0 Å². The van der Waals surface area contributed by atoms with Crippen LogP contribution in [0, 0.1) is 6.92 Å². The highest BCUT2D eigenvalue weighted by atomic mass is 16.4. The lowest BCUT2D eigenvalue weighted by Crippen LogP contribution is -2.28. The van der Waals surface area contributed by atoms with Crippen LogP contribution in [-0.4, -0.2) is 0 Å². The molecule has 2 heterocycles. The quantitative estimate of drug-likeness (QED) is 0.206. The van der Waals surface area contributed by atoms with E-state index in [0.717, 1.165) is 44.5 Å². The Bertz CT molecular complexity index is 1850. The summed E-state index contributed by atoms with van der Waals surface area (Å²) in [6.45, 7) is 2.11. The fourth-order valence-corrected chi connectivity index (χ4v) is 5.02. The molecule has 0 N–H and O–H groups in total. The SMILES string of the molecule is Cc1ccccc1-c1oc2c3c(ccc2[n+]1C)oc1cc2ccc4ccccc4c2cc13. The topological polar surface area (TPSA) is 30.2 Å². The third-order valence-electron chi connectivity index (χ3n) is 6.67. The molecule has 2 aromatic heterocycles. The highest BCUT2D eigenvalue weighted by Crippen LogP contribution is 2.39. The number of hydrogen-bond acceptors (Lipinski definition) is 2. The number of rotatable bonds is 1. The van der Waals surface area contributed by atoms with Crippen molar-refractivity contribution in [3.05, 3.63) is 90.5 Å². The molecule has 5 aromatic carbocycles. The van der Waals surface area contributed by atoms with E-state index in [1.165, 1.54) is 27.1 Å². The van der Waals surface area contributed by atoms with Gasteiger partial charge in [0, 0.05) is 11.5 Å². The molecule has 0 aliphatic heterocycles. The minimum atomic E-state index is 0.845. The predicted octanol–water partition coefficient (Wildman–Crippen LogP) is 7.44.